The second kappa shape index (κ2) is 11.3. The highest BCUT2D eigenvalue weighted by Crippen LogP contribution is 2.28. The number of ether oxygens (including phenoxy) is 5. The molecule has 1 aliphatic rings. The lowest BCUT2D eigenvalue weighted by Gasteiger charge is -2.44. The molecule has 0 spiro atoms. The molecule has 180 valence electrons. The molecule has 1 heterocycles. The maximum atomic E-state index is 12.7. The zero-order valence-electron chi connectivity index (χ0n) is 18.4. The number of benzene rings is 1. The van der Waals surface area contributed by atoms with E-state index in [1.807, 2.05) is 0 Å². The van der Waals surface area contributed by atoms with Gasteiger partial charge < -0.3 is 34.1 Å². The molecule has 12 nitrogen and oxygen atoms in total. The fourth-order valence-electron chi connectivity index (χ4n) is 3.20. The van der Waals surface area contributed by atoms with Crippen LogP contribution in [-0.4, -0.2) is 72.1 Å². The fourth-order valence-corrected chi connectivity index (χ4v) is 3.20. The third-order valence-electron chi connectivity index (χ3n) is 4.38. The van der Waals surface area contributed by atoms with Crippen LogP contribution >= 0.6 is 0 Å². The number of phenolic OH excluding ortho intramolecular Hbond substituents is 1. The van der Waals surface area contributed by atoms with Gasteiger partial charge in [0.2, 0.25) is 12.2 Å². The summed E-state index contributed by atoms with van der Waals surface area (Å²) >= 11 is 0. The summed E-state index contributed by atoms with van der Waals surface area (Å²) < 4.78 is 26.6. The van der Waals surface area contributed by atoms with Crippen LogP contribution in [0.3, 0.4) is 0 Å². The van der Waals surface area contributed by atoms with Gasteiger partial charge in [0.15, 0.2) is 12.2 Å². The van der Waals surface area contributed by atoms with Crippen molar-refractivity contribution in [2.24, 2.45) is 0 Å². The third-order valence-corrected chi connectivity index (χ3v) is 4.38. The van der Waals surface area contributed by atoms with Crippen molar-refractivity contribution in [1.29, 1.82) is 0 Å². The van der Waals surface area contributed by atoms with E-state index in [-0.39, 0.29) is 11.3 Å². The molecular weight excluding hydrogens is 442 g/mol. The van der Waals surface area contributed by atoms with Crippen molar-refractivity contribution in [3.8, 4) is 5.75 Å². The number of nitrogens with one attached hydrogen (secondary N) is 1. The van der Waals surface area contributed by atoms with Crippen molar-refractivity contribution in [3.05, 3.63) is 29.8 Å². The van der Waals surface area contributed by atoms with Crippen LogP contribution in [0.5, 0.6) is 5.75 Å². The van der Waals surface area contributed by atoms with Crippen LogP contribution in [0.4, 0.5) is 0 Å². The number of rotatable bonds is 7. The van der Waals surface area contributed by atoms with Crippen LogP contribution < -0.4 is 5.32 Å². The van der Waals surface area contributed by atoms with Gasteiger partial charge in [-0.05, 0) is 18.2 Å². The molecule has 1 aromatic rings. The Labute approximate surface area is 189 Å². The van der Waals surface area contributed by atoms with Gasteiger partial charge in [0.05, 0.1) is 5.56 Å². The van der Waals surface area contributed by atoms with Gasteiger partial charge in [-0.1, -0.05) is 6.07 Å². The summed E-state index contributed by atoms with van der Waals surface area (Å²) in [6.07, 6.45) is -5.42. The molecule has 2 rings (SSSR count). The number of phenols is 1. The Bertz CT molecular complexity index is 915. The van der Waals surface area contributed by atoms with Gasteiger partial charge in [-0.15, -0.1) is 0 Å². The molecule has 2 N–H and O–H groups in total. The second-order valence-corrected chi connectivity index (χ2v) is 7.18. The fraction of sp³-hybridized carbons (Fsp3) is 0.476. The number of amides is 1. The predicted octanol–water partition coefficient (Wildman–Crippen LogP) is 0.205. The highest BCUT2D eigenvalue weighted by atomic mass is 16.7. The van der Waals surface area contributed by atoms with Crippen LogP contribution in [0, 0.1) is 0 Å². The Hall–Kier alpha value is -3.67. The lowest BCUT2D eigenvalue weighted by Crippen LogP contribution is -2.66. The van der Waals surface area contributed by atoms with Crippen molar-refractivity contribution in [3.63, 3.8) is 0 Å². The quantitative estimate of drug-likeness (QED) is 0.416. The van der Waals surface area contributed by atoms with E-state index in [4.69, 9.17) is 23.7 Å². The number of carbonyl (C=O) groups is 5. The maximum Gasteiger partial charge on any atom is 0.340 e. The van der Waals surface area contributed by atoms with Crippen LogP contribution in [-0.2, 0) is 42.9 Å². The van der Waals surface area contributed by atoms with Crippen LogP contribution in [0.25, 0.3) is 0 Å². The Morgan fingerprint density at radius 1 is 0.939 bits per heavy atom. The molecular formula is C21H25NO11. The van der Waals surface area contributed by atoms with Crippen LogP contribution in [0.15, 0.2) is 24.3 Å². The average molecular weight is 467 g/mol. The Morgan fingerprint density at radius 2 is 1.58 bits per heavy atom. The van der Waals surface area contributed by atoms with Gasteiger partial charge in [-0.25, -0.2) is 4.79 Å². The number of carbonyl (C=O) groups excluding carboxylic acids is 5. The zero-order chi connectivity index (χ0) is 24.7. The van der Waals surface area contributed by atoms with E-state index in [9.17, 15) is 29.1 Å². The van der Waals surface area contributed by atoms with Crippen molar-refractivity contribution >= 4 is 29.8 Å². The first kappa shape index (κ1) is 25.6. The van der Waals surface area contributed by atoms with E-state index in [2.05, 4.69) is 5.32 Å². The molecule has 1 aromatic carbocycles. The topological polar surface area (TPSA) is 164 Å². The summed E-state index contributed by atoms with van der Waals surface area (Å²) in [5.74, 6) is -3.90. The largest absolute Gasteiger partial charge is 0.508 e. The standard InChI is InChI=1S/C21H25NO11/c1-10(23)22-17-19(31-13(4)26)18(30-12(3)25)16(9-29-11(2)24)32-21(17)33-20(28)14-6-5-7-15(27)8-14/h5-8,16-19,21,27H,9H2,1-4H3,(H,22,23)/t16-,17-,18+,19+,21-/m0/s1. The van der Waals surface area contributed by atoms with Crippen molar-refractivity contribution in [2.45, 2.75) is 58.3 Å². The molecule has 1 saturated heterocycles. The van der Waals surface area contributed by atoms with E-state index < -0.39 is 67.0 Å². The monoisotopic (exact) mass is 467 g/mol. The van der Waals surface area contributed by atoms with Crippen molar-refractivity contribution < 1.29 is 52.8 Å². The lowest BCUT2D eigenvalue weighted by atomic mass is 9.96. The summed E-state index contributed by atoms with van der Waals surface area (Å²) in [7, 11) is 0. The number of esters is 4. The van der Waals surface area contributed by atoms with Gasteiger partial charge in [0, 0.05) is 27.7 Å². The number of aromatic hydroxyl groups is 1. The van der Waals surface area contributed by atoms with Gasteiger partial charge >= 0.3 is 23.9 Å². The minimum atomic E-state index is -1.54. The Morgan fingerprint density at radius 3 is 2.12 bits per heavy atom. The molecule has 1 fully saturated rings. The molecule has 1 amide bonds. The first-order valence-corrected chi connectivity index (χ1v) is 9.88. The molecule has 33 heavy (non-hydrogen) atoms. The minimum absolute atomic E-state index is 0.0251. The number of hydrogen-bond acceptors (Lipinski definition) is 11. The summed E-state index contributed by atoms with van der Waals surface area (Å²) in [4.78, 5) is 59.3. The minimum Gasteiger partial charge on any atom is -0.508 e. The Kier molecular flexibility index (Phi) is 8.74. The predicted molar refractivity (Wildman–Crippen MR) is 108 cm³/mol. The normalized spacial score (nSPS) is 24.2. The highest BCUT2D eigenvalue weighted by molar-refractivity contribution is 5.90. The van der Waals surface area contributed by atoms with E-state index in [1.54, 1.807) is 0 Å². The molecule has 5 atom stereocenters. The first-order valence-electron chi connectivity index (χ1n) is 9.88. The number of hydrogen-bond donors (Lipinski definition) is 2. The van der Waals surface area contributed by atoms with Crippen LogP contribution in [0.1, 0.15) is 38.1 Å². The molecule has 1 aliphatic heterocycles. The maximum absolute atomic E-state index is 12.7. The SMILES string of the molecule is CC(=O)N[C@@H]1[C@H](OC(=O)c2cccc(O)c2)O[C@@H](COC(C)=O)[C@@H](OC(C)=O)[C@@H]1OC(C)=O. The highest BCUT2D eigenvalue weighted by Gasteiger charge is 2.52. The molecule has 0 radical (unpaired) electrons. The lowest BCUT2D eigenvalue weighted by molar-refractivity contribution is -0.263. The summed E-state index contributed by atoms with van der Waals surface area (Å²) in [5.41, 5.74) is -0.0251. The molecule has 0 aliphatic carbocycles. The van der Waals surface area contributed by atoms with Gasteiger partial charge in [-0.3, -0.25) is 19.2 Å². The van der Waals surface area contributed by atoms with E-state index >= 15 is 0 Å². The Balaban J connectivity index is 2.43. The molecule has 12 heteroatoms. The smallest absolute Gasteiger partial charge is 0.340 e. The average Bonchev–Trinajstić information content (AvgIpc) is 2.69. The second-order valence-electron chi connectivity index (χ2n) is 7.18. The summed E-state index contributed by atoms with van der Waals surface area (Å²) in [6, 6.07) is 4.01. The van der Waals surface area contributed by atoms with Gasteiger partial charge in [0.1, 0.15) is 24.5 Å². The van der Waals surface area contributed by atoms with Crippen LogP contribution in [0.2, 0.25) is 0 Å². The van der Waals surface area contributed by atoms with Gasteiger partial charge in [-0.2, -0.15) is 0 Å². The molecule has 0 saturated carbocycles. The summed E-state index contributed by atoms with van der Waals surface area (Å²) in [5, 5.41) is 12.1. The summed E-state index contributed by atoms with van der Waals surface area (Å²) in [6.45, 7) is 4.09. The molecule has 0 bridgehead atoms. The van der Waals surface area contributed by atoms with E-state index in [1.165, 1.54) is 25.1 Å². The van der Waals surface area contributed by atoms with Gasteiger partial charge in [0.25, 0.3) is 0 Å². The van der Waals surface area contributed by atoms with E-state index in [0.717, 1.165) is 26.8 Å². The third kappa shape index (κ3) is 7.45. The zero-order valence-corrected chi connectivity index (χ0v) is 18.4. The molecule has 0 unspecified atom stereocenters. The first-order chi connectivity index (χ1) is 15.5. The van der Waals surface area contributed by atoms with Crippen molar-refractivity contribution in [1.82, 2.24) is 5.32 Å². The van der Waals surface area contributed by atoms with E-state index in [0.29, 0.717) is 0 Å². The van der Waals surface area contributed by atoms with Crippen molar-refractivity contribution in [2.75, 3.05) is 6.61 Å². The molecule has 0 aromatic heterocycles.